The van der Waals surface area contributed by atoms with Gasteiger partial charge in [-0.1, -0.05) is 12.8 Å². The number of hydrogen-bond acceptors (Lipinski definition) is 8. The number of ether oxygens (including phenoxy) is 5. The van der Waals surface area contributed by atoms with Gasteiger partial charge in [-0.3, -0.25) is 14.4 Å². The highest BCUT2D eigenvalue weighted by Crippen LogP contribution is 2.31. The second-order valence-corrected chi connectivity index (χ2v) is 5.37. The molecule has 24 heavy (non-hydrogen) atoms. The van der Waals surface area contributed by atoms with Crippen LogP contribution < -0.4 is 0 Å². The van der Waals surface area contributed by atoms with Gasteiger partial charge in [0.15, 0.2) is 12.4 Å². The molecule has 0 amide bonds. The van der Waals surface area contributed by atoms with Gasteiger partial charge in [0.1, 0.15) is 25.4 Å². The van der Waals surface area contributed by atoms with E-state index in [4.69, 9.17) is 30.1 Å². The van der Waals surface area contributed by atoms with Crippen LogP contribution in [-0.2, 0) is 38.1 Å². The fourth-order valence-corrected chi connectivity index (χ4v) is 2.37. The van der Waals surface area contributed by atoms with E-state index in [2.05, 4.69) is 5.92 Å². The highest BCUT2D eigenvalue weighted by Gasteiger charge is 2.48. The van der Waals surface area contributed by atoms with Crippen LogP contribution in [0, 0.1) is 18.3 Å². The molecule has 0 aromatic heterocycles. The lowest BCUT2D eigenvalue weighted by molar-refractivity contribution is -0.291. The molecule has 0 aliphatic carbocycles. The molecule has 8 nitrogen and oxygen atoms in total. The number of terminal acetylenes is 1. The summed E-state index contributed by atoms with van der Waals surface area (Å²) in [6, 6.07) is 0. The SMILES string of the molecule is C#CCO[C@@H]1O[C@H](COC(C)=O)[C@@H](C)[C@H](OC(C)=O)[C@@H]1OC(C)=O. The summed E-state index contributed by atoms with van der Waals surface area (Å²) >= 11 is 0. The molecule has 0 N–H and O–H groups in total. The second-order valence-electron chi connectivity index (χ2n) is 5.37. The fourth-order valence-electron chi connectivity index (χ4n) is 2.37. The van der Waals surface area contributed by atoms with Gasteiger partial charge in [-0.15, -0.1) is 6.42 Å². The van der Waals surface area contributed by atoms with Crippen LogP contribution in [0.2, 0.25) is 0 Å². The molecule has 0 aromatic carbocycles. The molecule has 1 aliphatic heterocycles. The smallest absolute Gasteiger partial charge is 0.303 e. The lowest BCUT2D eigenvalue weighted by atomic mass is 9.90. The van der Waals surface area contributed by atoms with Crippen LogP contribution in [0.5, 0.6) is 0 Å². The van der Waals surface area contributed by atoms with E-state index in [1.807, 2.05) is 0 Å². The zero-order valence-corrected chi connectivity index (χ0v) is 14.1. The molecule has 8 heteroatoms. The van der Waals surface area contributed by atoms with Crippen molar-refractivity contribution in [3.63, 3.8) is 0 Å². The minimum absolute atomic E-state index is 0.0586. The van der Waals surface area contributed by atoms with E-state index in [1.165, 1.54) is 20.8 Å². The lowest BCUT2D eigenvalue weighted by Gasteiger charge is -2.43. The van der Waals surface area contributed by atoms with Crippen molar-refractivity contribution in [3.8, 4) is 12.3 Å². The van der Waals surface area contributed by atoms with Crippen LogP contribution in [-0.4, -0.2) is 55.7 Å². The van der Waals surface area contributed by atoms with E-state index in [0.29, 0.717) is 0 Å². The molecule has 1 heterocycles. The van der Waals surface area contributed by atoms with Crippen molar-refractivity contribution in [1.82, 2.24) is 0 Å². The van der Waals surface area contributed by atoms with Gasteiger partial charge in [0.25, 0.3) is 0 Å². The third-order valence-electron chi connectivity index (χ3n) is 3.39. The third-order valence-corrected chi connectivity index (χ3v) is 3.39. The molecule has 1 saturated heterocycles. The van der Waals surface area contributed by atoms with Gasteiger partial charge in [0.2, 0.25) is 0 Å². The molecule has 0 bridgehead atoms. The minimum Gasteiger partial charge on any atom is -0.463 e. The Morgan fingerprint density at radius 2 is 1.62 bits per heavy atom. The van der Waals surface area contributed by atoms with Crippen molar-refractivity contribution in [2.45, 2.75) is 52.3 Å². The molecule has 5 atom stereocenters. The first-order valence-corrected chi connectivity index (χ1v) is 7.44. The van der Waals surface area contributed by atoms with Gasteiger partial charge in [0.05, 0.1) is 0 Å². The summed E-state index contributed by atoms with van der Waals surface area (Å²) in [5.74, 6) is 0.266. The van der Waals surface area contributed by atoms with Crippen molar-refractivity contribution in [1.29, 1.82) is 0 Å². The Morgan fingerprint density at radius 1 is 1.04 bits per heavy atom. The average molecular weight is 342 g/mol. The molecule has 1 rings (SSSR count). The zero-order valence-electron chi connectivity index (χ0n) is 14.1. The van der Waals surface area contributed by atoms with Gasteiger partial charge in [0, 0.05) is 26.7 Å². The van der Waals surface area contributed by atoms with Crippen LogP contribution in [0.4, 0.5) is 0 Å². The summed E-state index contributed by atoms with van der Waals surface area (Å²) in [4.78, 5) is 33.8. The van der Waals surface area contributed by atoms with Crippen LogP contribution in [0.25, 0.3) is 0 Å². The normalized spacial score (nSPS) is 29.2. The Hall–Kier alpha value is -2.11. The maximum atomic E-state index is 11.4. The monoisotopic (exact) mass is 342 g/mol. The van der Waals surface area contributed by atoms with E-state index in [-0.39, 0.29) is 13.2 Å². The summed E-state index contributed by atoms with van der Waals surface area (Å²) in [5.41, 5.74) is 0. The van der Waals surface area contributed by atoms with Gasteiger partial charge in [-0.25, -0.2) is 0 Å². The fraction of sp³-hybridized carbons (Fsp3) is 0.688. The summed E-state index contributed by atoms with van der Waals surface area (Å²) in [6.45, 7) is 5.31. The molecule has 0 radical (unpaired) electrons. The number of carbonyl (C=O) groups excluding carboxylic acids is 3. The molecule has 0 aromatic rings. The molecule has 1 aliphatic rings. The average Bonchev–Trinajstić information content (AvgIpc) is 2.48. The topological polar surface area (TPSA) is 97.4 Å². The molecule has 1 fully saturated rings. The van der Waals surface area contributed by atoms with Crippen molar-refractivity contribution >= 4 is 17.9 Å². The van der Waals surface area contributed by atoms with Crippen molar-refractivity contribution in [3.05, 3.63) is 0 Å². The molecule has 0 unspecified atom stereocenters. The predicted octanol–water partition coefficient (Wildman–Crippen LogP) is 0.424. The molecule has 0 saturated carbocycles. The number of hydrogen-bond donors (Lipinski definition) is 0. The van der Waals surface area contributed by atoms with Crippen molar-refractivity contribution < 1.29 is 38.1 Å². The number of esters is 3. The van der Waals surface area contributed by atoms with Gasteiger partial charge in [-0.05, 0) is 0 Å². The quantitative estimate of drug-likeness (QED) is 0.389. The van der Waals surface area contributed by atoms with E-state index >= 15 is 0 Å². The summed E-state index contributed by atoms with van der Waals surface area (Å²) in [7, 11) is 0. The Balaban J connectivity index is 3.02. The summed E-state index contributed by atoms with van der Waals surface area (Å²) in [6.07, 6.45) is 1.69. The van der Waals surface area contributed by atoms with Gasteiger partial charge in [-0.2, -0.15) is 0 Å². The highest BCUT2D eigenvalue weighted by molar-refractivity contribution is 5.67. The van der Waals surface area contributed by atoms with E-state index < -0.39 is 48.4 Å². The molecule has 134 valence electrons. The maximum absolute atomic E-state index is 11.4. The van der Waals surface area contributed by atoms with Crippen molar-refractivity contribution in [2.24, 2.45) is 5.92 Å². The Bertz CT molecular complexity index is 509. The van der Waals surface area contributed by atoms with Crippen molar-refractivity contribution in [2.75, 3.05) is 13.2 Å². The molecular formula is C16H22O8. The zero-order chi connectivity index (χ0) is 18.3. The van der Waals surface area contributed by atoms with Crippen LogP contribution in [0.1, 0.15) is 27.7 Å². The predicted molar refractivity (Wildman–Crippen MR) is 80.4 cm³/mol. The second kappa shape index (κ2) is 9.25. The Morgan fingerprint density at radius 3 is 2.12 bits per heavy atom. The highest BCUT2D eigenvalue weighted by atomic mass is 16.7. The maximum Gasteiger partial charge on any atom is 0.303 e. The Kier molecular flexibility index (Phi) is 7.68. The van der Waals surface area contributed by atoms with Crippen LogP contribution in [0.3, 0.4) is 0 Å². The first-order valence-electron chi connectivity index (χ1n) is 7.44. The minimum atomic E-state index is -1.05. The molecular weight excluding hydrogens is 320 g/mol. The first kappa shape index (κ1) is 19.9. The summed E-state index contributed by atoms with van der Waals surface area (Å²) < 4.78 is 26.6. The van der Waals surface area contributed by atoms with Crippen LogP contribution in [0.15, 0.2) is 0 Å². The van der Waals surface area contributed by atoms with Gasteiger partial charge < -0.3 is 23.7 Å². The number of carbonyl (C=O) groups is 3. The van der Waals surface area contributed by atoms with E-state index in [9.17, 15) is 14.4 Å². The molecule has 0 spiro atoms. The van der Waals surface area contributed by atoms with Crippen LogP contribution >= 0.6 is 0 Å². The largest absolute Gasteiger partial charge is 0.463 e. The lowest BCUT2D eigenvalue weighted by Crippen LogP contribution is -2.58. The third kappa shape index (κ3) is 5.83. The van der Waals surface area contributed by atoms with E-state index in [0.717, 1.165) is 0 Å². The van der Waals surface area contributed by atoms with Gasteiger partial charge >= 0.3 is 17.9 Å². The number of rotatable bonds is 6. The standard InChI is InChI=1S/C16H22O8/c1-6-7-20-16-15(23-12(5)19)14(22-11(4)18)9(2)13(24-16)8-21-10(3)17/h1,9,13-16H,7-8H2,2-5H3/t9-,13-,14+,15+,16-/m1/s1. The Labute approximate surface area is 140 Å². The van der Waals surface area contributed by atoms with E-state index in [1.54, 1.807) is 6.92 Å². The summed E-state index contributed by atoms with van der Waals surface area (Å²) in [5, 5.41) is 0. The first-order chi connectivity index (χ1) is 11.3.